The van der Waals surface area contributed by atoms with Gasteiger partial charge in [-0.1, -0.05) is 17.8 Å². The molecule has 3 heterocycles. The molecule has 0 bridgehead atoms. The van der Waals surface area contributed by atoms with E-state index in [4.69, 9.17) is 11.5 Å². The van der Waals surface area contributed by atoms with Crippen LogP contribution in [0.25, 0.3) is 0 Å². The molecule has 0 aromatic carbocycles. The maximum atomic E-state index is 5.53. The first-order valence-electron chi connectivity index (χ1n) is 5.88. The van der Waals surface area contributed by atoms with Gasteiger partial charge in [-0.05, 0) is 21.9 Å². The second-order valence-electron chi connectivity index (χ2n) is 3.96. The Labute approximate surface area is 127 Å². The molecule has 21 heavy (non-hydrogen) atoms. The minimum Gasteiger partial charge on any atom is -0.368 e. The number of thiophene rings is 1. The second-order valence-corrected chi connectivity index (χ2v) is 5.93. The molecular formula is C10H11N9S2. The van der Waals surface area contributed by atoms with Crippen LogP contribution in [0.5, 0.6) is 0 Å². The van der Waals surface area contributed by atoms with E-state index in [1.54, 1.807) is 16.0 Å². The van der Waals surface area contributed by atoms with Crippen molar-refractivity contribution in [3.05, 3.63) is 28.2 Å². The zero-order chi connectivity index (χ0) is 14.7. The van der Waals surface area contributed by atoms with Crippen molar-refractivity contribution in [3.8, 4) is 0 Å². The lowest BCUT2D eigenvalue weighted by atomic mass is 10.5. The molecule has 3 rings (SSSR count). The van der Waals surface area contributed by atoms with E-state index < -0.39 is 0 Å². The van der Waals surface area contributed by atoms with Crippen LogP contribution in [0.3, 0.4) is 0 Å². The molecule has 0 aliphatic heterocycles. The summed E-state index contributed by atoms with van der Waals surface area (Å²) >= 11 is 3.07. The third-order valence-corrected chi connectivity index (χ3v) is 4.25. The molecule has 11 heteroatoms. The van der Waals surface area contributed by atoms with Crippen molar-refractivity contribution in [3.63, 3.8) is 0 Å². The van der Waals surface area contributed by atoms with Gasteiger partial charge in [0.25, 0.3) is 0 Å². The molecule has 0 radical (unpaired) electrons. The van der Waals surface area contributed by atoms with E-state index in [9.17, 15) is 0 Å². The first kappa shape index (κ1) is 13.7. The van der Waals surface area contributed by atoms with E-state index in [0.717, 1.165) is 0 Å². The summed E-state index contributed by atoms with van der Waals surface area (Å²) in [7, 11) is 0. The lowest BCUT2D eigenvalue weighted by molar-refractivity contribution is 0.608. The Morgan fingerprint density at radius 2 is 2.00 bits per heavy atom. The SMILES string of the molecule is Nc1nc(N)nc(CSc2nnnn2Cc2cccs2)n1. The number of thioether (sulfide) groups is 1. The number of hydrogen-bond donors (Lipinski definition) is 2. The van der Waals surface area contributed by atoms with Gasteiger partial charge in [0, 0.05) is 4.88 Å². The summed E-state index contributed by atoms with van der Waals surface area (Å²) in [5.41, 5.74) is 11.1. The van der Waals surface area contributed by atoms with Crippen LogP contribution in [0, 0.1) is 0 Å². The fourth-order valence-electron chi connectivity index (χ4n) is 1.60. The van der Waals surface area contributed by atoms with E-state index >= 15 is 0 Å². The topological polar surface area (TPSA) is 134 Å². The highest BCUT2D eigenvalue weighted by molar-refractivity contribution is 7.98. The molecule has 0 saturated heterocycles. The van der Waals surface area contributed by atoms with Gasteiger partial charge in [0.15, 0.2) is 0 Å². The number of hydrogen-bond acceptors (Lipinski definition) is 10. The van der Waals surface area contributed by atoms with Gasteiger partial charge in [-0.25, -0.2) is 4.68 Å². The fourth-order valence-corrected chi connectivity index (χ4v) is 3.02. The average Bonchev–Trinajstić information content (AvgIpc) is 3.08. The lowest BCUT2D eigenvalue weighted by Gasteiger charge is -2.03. The van der Waals surface area contributed by atoms with Gasteiger partial charge in [-0.3, -0.25) is 0 Å². The Hall–Kier alpha value is -2.27. The first-order valence-corrected chi connectivity index (χ1v) is 7.74. The number of tetrazole rings is 1. The summed E-state index contributed by atoms with van der Waals surface area (Å²) in [6.07, 6.45) is 0. The van der Waals surface area contributed by atoms with Gasteiger partial charge >= 0.3 is 0 Å². The monoisotopic (exact) mass is 321 g/mol. The van der Waals surface area contributed by atoms with Crippen LogP contribution < -0.4 is 11.5 Å². The fraction of sp³-hybridized carbons (Fsp3) is 0.200. The molecule has 0 aliphatic carbocycles. The van der Waals surface area contributed by atoms with Crippen LogP contribution in [-0.4, -0.2) is 35.2 Å². The molecule has 0 aliphatic rings. The highest BCUT2D eigenvalue weighted by Gasteiger charge is 2.10. The number of nitrogens with two attached hydrogens (primary N) is 2. The average molecular weight is 321 g/mol. The van der Waals surface area contributed by atoms with E-state index in [2.05, 4.69) is 30.5 Å². The van der Waals surface area contributed by atoms with Crippen LogP contribution >= 0.6 is 23.1 Å². The van der Waals surface area contributed by atoms with Crippen LogP contribution in [-0.2, 0) is 12.3 Å². The Morgan fingerprint density at radius 3 is 2.71 bits per heavy atom. The summed E-state index contributed by atoms with van der Waals surface area (Å²) in [6.45, 7) is 0.633. The molecule has 4 N–H and O–H groups in total. The van der Waals surface area contributed by atoms with Crippen molar-refractivity contribution in [2.24, 2.45) is 0 Å². The van der Waals surface area contributed by atoms with Crippen LogP contribution in [0.2, 0.25) is 0 Å². The van der Waals surface area contributed by atoms with E-state index in [1.165, 1.54) is 16.6 Å². The minimum atomic E-state index is 0.108. The van der Waals surface area contributed by atoms with Gasteiger partial charge < -0.3 is 11.5 Å². The van der Waals surface area contributed by atoms with Gasteiger partial charge in [0.1, 0.15) is 5.82 Å². The highest BCUT2D eigenvalue weighted by Crippen LogP contribution is 2.20. The largest absolute Gasteiger partial charge is 0.368 e. The van der Waals surface area contributed by atoms with Crippen LogP contribution in [0.4, 0.5) is 11.9 Å². The van der Waals surface area contributed by atoms with Crippen molar-refractivity contribution >= 4 is 35.0 Å². The summed E-state index contributed by atoms with van der Waals surface area (Å²) in [5.74, 6) is 1.17. The third-order valence-electron chi connectivity index (χ3n) is 2.43. The Bertz CT molecular complexity index is 704. The van der Waals surface area contributed by atoms with Gasteiger partial charge in [0.2, 0.25) is 17.1 Å². The quantitative estimate of drug-likeness (QED) is 0.641. The predicted molar refractivity (Wildman–Crippen MR) is 79.5 cm³/mol. The summed E-state index contributed by atoms with van der Waals surface area (Å²) < 4.78 is 1.73. The van der Waals surface area contributed by atoms with Crippen LogP contribution in [0.1, 0.15) is 10.7 Å². The Kier molecular flexibility index (Phi) is 3.92. The standard InChI is InChI=1S/C10H11N9S2/c11-8-13-7(14-9(12)15-8)5-21-10-16-17-18-19(10)4-6-2-1-3-20-6/h1-3H,4-5H2,(H4,11,12,13,14,15). The number of rotatable bonds is 5. The van der Waals surface area contributed by atoms with Gasteiger partial charge in [-0.15, -0.1) is 16.4 Å². The van der Waals surface area contributed by atoms with Gasteiger partial charge in [-0.2, -0.15) is 15.0 Å². The summed E-state index contributed by atoms with van der Waals surface area (Å²) in [6, 6.07) is 4.03. The van der Waals surface area contributed by atoms with Crippen LogP contribution in [0.15, 0.2) is 22.7 Å². The second kappa shape index (κ2) is 6.01. The first-order chi connectivity index (χ1) is 10.2. The molecule has 0 spiro atoms. The third kappa shape index (κ3) is 3.44. The molecule has 0 unspecified atom stereocenters. The maximum Gasteiger partial charge on any atom is 0.225 e. The molecule has 0 saturated carbocycles. The molecule has 0 fully saturated rings. The van der Waals surface area contributed by atoms with Crippen molar-refractivity contribution < 1.29 is 0 Å². The molecule has 0 amide bonds. The van der Waals surface area contributed by atoms with E-state index in [-0.39, 0.29) is 11.9 Å². The number of nitrogens with zero attached hydrogens (tertiary/aromatic N) is 7. The number of nitrogen functional groups attached to an aromatic ring is 2. The molecule has 3 aromatic heterocycles. The van der Waals surface area contributed by atoms with E-state index in [0.29, 0.717) is 23.3 Å². The zero-order valence-corrected chi connectivity index (χ0v) is 12.4. The molecule has 3 aromatic rings. The normalized spacial score (nSPS) is 10.9. The molecular weight excluding hydrogens is 310 g/mol. The molecule has 108 valence electrons. The van der Waals surface area contributed by atoms with Crippen molar-refractivity contribution in [1.29, 1.82) is 0 Å². The van der Waals surface area contributed by atoms with Gasteiger partial charge in [0.05, 0.1) is 12.3 Å². The molecule has 9 nitrogen and oxygen atoms in total. The zero-order valence-electron chi connectivity index (χ0n) is 10.7. The van der Waals surface area contributed by atoms with Crippen molar-refractivity contribution in [1.82, 2.24) is 35.2 Å². The predicted octanol–water partition coefficient (Wildman–Crippen LogP) is 0.425. The summed E-state index contributed by atoms with van der Waals surface area (Å²) in [5, 5.41) is 14.4. The minimum absolute atomic E-state index is 0.108. The summed E-state index contributed by atoms with van der Waals surface area (Å²) in [4.78, 5) is 12.9. The molecule has 0 atom stereocenters. The maximum absolute atomic E-state index is 5.53. The number of aromatic nitrogens is 7. The lowest BCUT2D eigenvalue weighted by Crippen LogP contribution is -2.07. The van der Waals surface area contributed by atoms with Crippen molar-refractivity contribution in [2.75, 3.05) is 11.5 Å². The Morgan fingerprint density at radius 1 is 1.19 bits per heavy atom. The smallest absolute Gasteiger partial charge is 0.225 e. The van der Waals surface area contributed by atoms with Crippen molar-refractivity contribution in [2.45, 2.75) is 17.5 Å². The number of anilines is 2. The highest BCUT2D eigenvalue weighted by atomic mass is 32.2. The Balaban J connectivity index is 1.69. The van der Waals surface area contributed by atoms with E-state index in [1.807, 2.05) is 17.5 Å².